The quantitative estimate of drug-likeness (QED) is 0.805. The Morgan fingerprint density at radius 3 is 2.85 bits per heavy atom. The lowest BCUT2D eigenvalue weighted by molar-refractivity contribution is 0.625. The van der Waals surface area contributed by atoms with Crippen molar-refractivity contribution in [2.75, 3.05) is 11.6 Å². The van der Waals surface area contributed by atoms with Gasteiger partial charge in [0, 0.05) is 15.9 Å². The molecule has 0 amide bonds. The number of hydrogen-bond acceptors (Lipinski definition) is 3. The normalized spacial score (nSPS) is 10.1. The number of nitrogens with zero attached hydrogens (tertiary/aromatic N) is 1. The lowest BCUT2D eigenvalue weighted by atomic mass is 10.1. The van der Waals surface area contributed by atoms with Gasteiger partial charge in [0.1, 0.15) is 11.9 Å². The van der Waals surface area contributed by atoms with Crippen LogP contribution in [0.4, 0.5) is 10.1 Å². The van der Waals surface area contributed by atoms with Crippen LogP contribution < -0.4 is 5.32 Å². The fourth-order valence-corrected chi connectivity index (χ4v) is 2.79. The Bertz CT molecular complexity index is 667. The van der Waals surface area contributed by atoms with Crippen LogP contribution in [0.15, 0.2) is 45.8 Å². The molecule has 1 N–H and O–H groups in total. The molecule has 0 aromatic heterocycles. The van der Waals surface area contributed by atoms with Gasteiger partial charge >= 0.3 is 0 Å². The summed E-state index contributed by atoms with van der Waals surface area (Å²) in [6.07, 6.45) is 1.93. The van der Waals surface area contributed by atoms with E-state index in [0.29, 0.717) is 12.1 Å². The summed E-state index contributed by atoms with van der Waals surface area (Å²) in [5.74, 6) is -0.275. The Labute approximate surface area is 130 Å². The Morgan fingerprint density at radius 1 is 1.35 bits per heavy atom. The van der Waals surface area contributed by atoms with E-state index in [1.165, 1.54) is 23.9 Å². The third-order valence-corrected chi connectivity index (χ3v) is 4.39. The molecule has 0 saturated heterocycles. The Kier molecular flexibility index (Phi) is 5.05. The van der Waals surface area contributed by atoms with Crippen LogP contribution in [0.3, 0.4) is 0 Å². The molecule has 5 heteroatoms. The number of halogens is 2. The molecule has 0 heterocycles. The van der Waals surface area contributed by atoms with Gasteiger partial charge in [-0.05, 0) is 42.2 Å². The first-order valence-corrected chi connectivity index (χ1v) is 7.92. The van der Waals surface area contributed by atoms with Gasteiger partial charge < -0.3 is 5.32 Å². The number of benzene rings is 2. The van der Waals surface area contributed by atoms with Gasteiger partial charge in [0.2, 0.25) is 0 Å². The average Bonchev–Trinajstić information content (AvgIpc) is 2.47. The van der Waals surface area contributed by atoms with Gasteiger partial charge in [-0.3, -0.25) is 0 Å². The molecule has 20 heavy (non-hydrogen) atoms. The molecule has 2 nitrogen and oxygen atoms in total. The Balaban J connectivity index is 2.23. The van der Waals surface area contributed by atoms with Crippen LogP contribution >= 0.6 is 27.7 Å². The maximum atomic E-state index is 13.2. The number of hydrogen-bond donors (Lipinski definition) is 1. The molecule has 0 fully saturated rings. The molecule has 2 rings (SSSR count). The number of nitriles is 1. The summed E-state index contributed by atoms with van der Waals surface area (Å²) in [6, 6.07) is 12.4. The van der Waals surface area contributed by atoms with Gasteiger partial charge in [-0.1, -0.05) is 22.0 Å². The van der Waals surface area contributed by atoms with Crippen molar-refractivity contribution in [2.24, 2.45) is 0 Å². The average molecular weight is 351 g/mol. The van der Waals surface area contributed by atoms with Crippen LogP contribution in [0.2, 0.25) is 0 Å². The number of nitrogens with one attached hydrogen (secondary N) is 1. The molecular weight excluding hydrogens is 339 g/mol. The summed E-state index contributed by atoms with van der Waals surface area (Å²) < 4.78 is 14.1. The molecule has 0 bridgehead atoms. The molecule has 0 radical (unpaired) electrons. The summed E-state index contributed by atoms with van der Waals surface area (Å²) >= 11 is 4.92. The lowest BCUT2D eigenvalue weighted by Gasteiger charge is -2.11. The molecule has 0 spiro atoms. The maximum Gasteiger partial charge on any atom is 0.123 e. The van der Waals surface area contributed by atoms with Crippen LogP contribution in [-0.4, -0.2) is 6.26 Å². The largest absolute Gasteiger partial charge is 0.380 e. The highest BCUT2D eigenvalue weighted by Gasteiger charge is 2.08. The highest BCUT2D eigenvalue weighted by Crippen LogP contribution is 2.27. The van der Waals surface area contributed by atoms with Crippen LogP contribution in [0.25, 0.3) is 0 Å². The van der Waals surface area contributed by atoms with Gasteiger partial charge in [-0.15, -0.1) is 11.8 Å². The van der Waals surface area contributed by atoms with Gasteiger partial charge in [0.15, 0.2) is 0 Å². The van der Waals surface area contributed by atoms with E-state index in [1.54, 1.807) is 6.07 Å². The minimum Gasteiger partial charge on any atom is -0.380 e. The highest BCUT2D eigenvalue weighted by molar-refractivity contribution is 9.10. The number of thioether (sulfide) groups is 1. The first-order chi connectivity index (χ1) is 9.65. The molecule has 0 unspecified atom stereocenters. The van der Waals surface area contributed by atoms with E-state index in [9.17, 15) is 9.65 Å². The van der Waals surface area contributed by atoms with Crippen molar-refractivity contribution in [2.45, 2.75) is 11.4 Å². The third kappa shape index (κ3) is 3.33. The molecule has 0 aliphatic heterocycles. The van der Waals surface area contributed by atoms with Gasteiger partial charge in [-0.25, -0.2) is 4.39 Å². The zero-order valence-corrected chi connectivity index (χ0v) is 13.2. The Morgan fingerprint density at radius 2 is 2.15 bits per heavy atom. The van der Waals surface area contributed by atoms with Gasteiger partial charge in [0.25, 0.3) is 0 Å². The molecule has 102 valence electrons. The number of anilines is 1. The summed E-state index contributed by atoms with van der Waals surface area (Å²) in [6.45, 7) is 0.449. The van der Waals surface area contributed by atoms with E-state index < -0.39 is 0 Å². The van der Waals surface area contributed by atoms with Crippen molar-refractivity contribution in [1.29, 1.82) is 5.26 Å². The summed E-state index contributed by atoms with van der Waals surface area (Å²) in [4.78, 5) is 0.927. The van der Waals surface area contributed by atoms with Crippen molar-refractivity contribution in [3.05, 3.63) is 57.8 Å². The van der Waals surface area contributed by atoms with E-state index in [1.807, 2.05) is 24.5 Å². The number of rotatable bonds is 4. The van der Waals surface area contributed by atoms with Crippen molar-refractivity contribution < 1.29 is 4.39 Å². The first-order valence-electron chi connectivity index (χ1n) is 5.90. The Hall–Kier alpha value is -1.51. The summed E-state index contributed by atoms with van der Waals surface area (Å²) in [7, 11) is 0. The minimum absolute atomic E-state index is 0.275. The molecule has 2 aromatic carbocycles. The zero-order chi connectivity index (χ0) is 14.5. The van der Waals surface area contributed by atoms with E-state index in [4.69, 9.17) is 0 Å². The fourth-order valence-electron chi connectivity index (χ4n) is 1.83. The van der Waals surface area contributed by atoms with Crippen LogP contribution in [0.5, 0.6) is 0 Å². The SMILES string of the molecule is CSc1cccc(NCc2cc(F)ccc2Br)c1C#N. The van der Waals surface area contributed by atoms with Gasteiger partial charge in [-0.2, -0.15) is 5.26 Å². The second-order valence-corrected chi connectivity index (χ2v) is 5.79. The molecular formula is C15H12BrFN2S. The van der Waals surface area contributed by atoms with E-state index >= 15 is 0 Å². The topological polar surface area (TPSA) is 35.8 Å². The predicted octanol–water partition coefficient (Wildman–Crippen LogP) is 4.79. The van der Waals surface area contributed by atoms with Crippen LogP contribution in [0, 0.1) is 17.1 Å². The van der Waals surface area contributed by atoms with Gasteiger partial charge in [0.05, 0.1) is 11.3 Å². The molecule has 0 aliphatic carbocycles. The second-order valence-electron chi connectivity index (χ2n) is 4.08. The molecule has 0 saturated carbocycles. The summed E-state index contributed by atoms with van der Waals surface area (Å²) in [5.41, 5.74) is 2.19. The third-order valence-electron chi connectivity index (χ3n) is 2.83. The van der Waals surface area contributed by atoms with E-state index in [-0.39, 0.29) is 5.82 Å². The van der Waals surface area contributed by atoms with Crippen LogP contribution in [0.1, 0.15) is 11.1 Å². The van der Waals surface area contributed by atoms with Crippen molar-refractivity contribution >= 4 is 33.4 Å². The van der Waals surface area contributed by atoms with Crippen molar-refractivity contribution in [1.82, 2.24) is 0 Å². The monoisotopic (exact) mass is 350 g/mol. The standard InChI is InChI=1S/C15H12BrFN2S/c1-20-15-4-2-3-14(12(15)8-18)19-9-10-7-11(17)5-6-13(10)16/h2-7,19H,9H2,1H3. The molecule has 0 atom stereocenters. The first kappa shape index (κ1) is 14.9. The second kappa shape index (κ2) is 6.78. The zero-order valence-electron chi connectivity index (χ0n) is 10.8. The fraction of sp³-hybridized carbons (Fsp3) is 0.133. The summed E-state index contributed by atoms with van der Waals surface area (Å²) in [5, 5.41) is 12.4. The minimum atomic E-state index is -0.275. The predicted molar refractivity (Wildman–Crippen MR) is 84.4 cm³/mol. The smallest absolute Gasteiger partial charge is 0.123 e. The van der Waals surface area contributed by atoms with Crippen LogP contribution in [-0.2, 0) is 6.54 Å². The lowest BCUT2D eigenvalue weighted by Crippen LogP contribution is -2.03. The maximum absolute atomic E-state index is 13.2. The molecule has 0 aliphatic rings. The molecule has 2 aromatic rings. The van der Waals surface area contributed by atoms with Crippen molar-refractivity contribution in [3.63, 3.8) is 0 Å². The highest BCUT2D eigenvalue weighted by atomic mass is 79.9. The van der Waals surface area contributed by atoms with E-state index in [2.05, 4.69) is 27.3 Å². The van der Waals surface area contributed by atoms with E-state index in [0.717, 1.165) is 20.6 Å². The van der Waals surface area contributed by atoms with Crippen molar-refractivity contribution in [3.8, 4) is 6.07 Å².